The Kier molecular flexibility index (Phi) is 3.56. The highest BCUT2D eigenvalue weighted by Crippen LogP contribution is 2.48. The van der Waals surface area contributed by atoms with Gasteiger partial charge < -0.3 is 10.0 Å². The average Bonchev–Trinajstić information content (AvgIpc) is 3.03. The predicted molar refractivity (Wildman–Crippen MR) is 78.6 cm³/mol. The van der Waals surface area contributed by atoms with Crippen molar-refractivity contribution in [3.63, 3.8) is 0 Å². The van der Waals surface area contributed by atoms with E-state index < -0.39 is 11.9 Å². The lowest BCUT2D eigenvalue weighted by atomic mass is 9.82. The molecule has 1 aliphatic heterocycles. The molecule has 21 heavy (non-hydrogen) atoms. The van der Waals surface area contributed by atoms with E-state index in [1.807, 2.05) is 11.0 Å². The van der Waals surface area contributed by atoms with Crippen molar-refractivity contribution in [2.75, 3.05) is 20.1 Å². The quantitative estimate of drug-likeness (QED) is 0.773. The van der Waals surface area contributed by atoms with Gasteiger partial charge in [-0.3, -0.25) is 14.5 Å². The van der Waals surface area contributed by atoms with Crippen LogP contribution in [0.2, 0.25) is 0 Å². The second-order valence-electron chi connectivity index (χ2n) is 6.94. The fourth-order valence-electron chi connectivity index (χ4n) is 4.29. The average molecular weight is 292 g/mol. The zero-order chi connectivity index (χ0) is 15.3. The number of nitrogens with zero attached hydrogens (tertiary/aromatic N) is 2. The van der Waals surface area contributed by atoms with Crippen molar-refractivity contribution in [1.82, 2.24) is 9.80 Å². The minimum absolute atomic E-state index is 0.0451. The highest BCUT2D eigenvalue weighted by molar-refractivity contribution is 5.87. The van der Waals surface area contributed by atoms with Crippen molar-refractivity contribution in [2.24, 2.45) is 23.7 Å². The number of carbonyl (C=O) groups excluding carboxylic acids is 1. The van der Waals surface area contributed by atoms with E-state index in [4.69, 9.17) is 0 Å². The fraction of sp³-hybridized carbons (Fsp3) is 0.750. The molecule has 0 aromatic heterocycles. The summed E-state index contributed by atoms with van der Waals surface area (Å²) in [5.41, 5.74) is 0. The number of hydrogen-bond donors (Lipinski definition) is 1. The van der Waals surface area contributed by atoms with Crippen molar-refractivity contribution in [3.8, 4) is 0 Å². The molecule has 1 saturated carbocycles. The zero-order valence-corrected chi connectivity index (χ0v) is 12.9. The van der Waals surface area contributed by atoms with E-state index in [2.05, 4.69) is 31.9 Å². The molecular formula is C16H24N2O3. The van der Waals surface area contributed by atoms with E-state index in [1.165, 1.54) is 0 Å². The monoisotopic (exact) mass is 292 g/mol. The highest BCUT2D eigenvalue weighted by atomic mass is 16.4. The lowest BCUT2D eigenvalue weighted by molar-refractivity contribution is -0.152. The molecule has 0 aromatic rings. The topological polar surface area (TPSA) is 60.9 Å². The van der Waals surface area contributed by atoms with Gasteiger partial charge >= 0.3 is 5.97 Å². The largest absolute Gasteiger partial charge is 0.481 e. The van der Waals surface area contributed by atoms with Crippen molar-refractivity contribution >= 4 is 11.9 Å². The third-order valence-corrected chi connectivity index (χ3v) is 5.70. The Balaban J connectivity index is 1.79. The van der Waals surface area contributed by atoms with Crippen LogP contribution in [0.5, 0.6) is 0 Å². The van der Waals surface area contributed by atoms with Gasteiger partial charge in [0, 0.05) is 25.2 Å². The molecule has 1 amide bonds. The smallest absolute Gasteiger partial charge is 0.307 e. The van der Waals surface area contributed by atoms with E-state index >= 15 is 0 Å². The summed E-state index contributed by atoms with van der Waals surface area (Å²) in [5, 5.41) is 9.49. The number of piperazine rings is 1. The Hall–Kier alpha value is -1.36. The van der Waals surface area contributed by atoms with Crippen LogP contribution >= 0.6 is 0 Å². The van der Waals surface area contributed by atoms with Crippen LogP contribution < -0.4 is 0 Å². The van der Waals surface area contributed by atoms with E-state index in [-0.39, 0.29) is 23.7 Å². The molecule has 0 spiro atoms. The summed E-state index contributed by atoms with van der Waals surface area (Å²) in [5.74, 6) is -1.50. The number of carboxylic acid groups (broad SMARTS) is 1. The second-order valence-corrected chi connectivity index (χ2v) is 6.94. The molecule has 0 radical (unpaired) electrons. The summed E-state index contributed by atoms with van der Waals surface area (Å²) in [6, 6.07) is 0.630. The summed E-state index contributed by atoms with van der Waals surface area (Å²) >= 11 is 0. The van der Waals surface area contributed by atoms with E-state index in [0.717, 1.165) is 6.42 Å². The Bertz CT molecular complexity index is 478. The maximum Gasteiger partial charge on any atom is 0.307 e. The van der Waals surface area contributed by atoms with Crippen LogP contribution in [0.25, 0.3) is 0 Å². The summed E-state index contributed by atoms with van der Waals surface area (Å²) in [4.78, 5) is 28.6. The Morgan fingerprint density at radius 3 is 2.10 bits per heavy atom. The van der Waals surface area contributed by atoms with Gasteiger partial charge in [-0.25, -0.2) is 0 Å². The summed E-state index contributed by atoms with van der Waals surface area (Å²) in [6.07, 6.45) is 4.87. The number of hydrogen-bond acceptors (Lipinski definition) is 3. The molecule has 2 fully saturated rings. The van der Waals surface area contributed by atoms with Crippen molar-refractivity contribution < 1.29 is 14.7 Å². The van der Waals surface area contributed by atoms with Crippen LogP contribution in [-0.2, 0) is 9.59 Å². The molecule has 3 aliphatic rings. The first-order chi connectivity index (χ1) is 9.90. The van der Waals surface area contributed by atoms with Crippen LogP contribution in [0.4, 0.5) is 0 Å². The van der Waals surface area contributed by atoms with Gasteiger partial charge in [0.1, 0.15) is 0 Å². The molecule has 1 heterocycles. The maximum absolute atomic E-state index is 12.9. The Labute approximate surface area is 125 Å². The van der Waals surface area contributed by atoms with Crippen molar-refractivity contribution in [2.45, 2.75) is 32.4 Å². The van der Waals surface area contributed by atoms with Gasteiger partial charge in [0.15, 0.2) is 0 Å². The van der Waals surface area contributed by atoms with Gasteiger partial charge in [-0.1, -0.05) is 12.2 Å². The molecule has 4 unspecified atom stereocenters. The van der Waals surface area contributed by atoms with Crippen LogP contribution in [-0.4, -0.2) is 59.0 Å². The van der Waals surface area contributed by atoms with E-state index in [0.29, 0.717) is 25.2 Å². The van der Waals surface area contributed by atoms with Gasteiger partial charge in [-0.05, 0) is 39.2 Å². The first-order valence-electron chi connectivity index (χ1n) is 7.82. The van der Waals surface area contributed by atoms with E-state index in [1.54, 1.807) is 0 Å². The molecule has 1 N–H and O–H groups in total. The van der Waals surface area contributed by atoms with Crippen LogP contribution in [0.3, 0.4) is 0 Å². The molecule has 1 saturated heterocycles. The Morgan fingerprint density at radius 1 is 1.05 bits per heavy atom. The molecule has 116 valence electrons. The molecule has 2 aliphatic carbocycles. The van der Waals surface area contributed by atoms with Crippen LogP contribution in [0.15, 0.2) is 12.2 Å². The third kappa shape index (κ3) is 2.27. The summed E-state index contributed by atoms with van der Waals surface area (Å²) in [7, 11) is 2.08. The van der Waals surface area contributed by atoms with Crippen molar-refractivity contribution in [3.05, 3.63) is 12.2 Å². The molecule has 3 rings (SSSR count). The molecule has 0 aromatic carbocycles. The Morgan fingerprint density at radius 2 is 1.57 bits per heavy atom. The number of aliphatic carboxylic acids is 1. The standard InChI is InChI=1S/C16H24N2O3/c1-9-7-18(8-10(2)17(9)3)15(19)13-11-4-5-12(6-11)14(13)16(20)21/h4-5,9-14H,6-8H2,1-3H3,(H,20,21)/t9?,10?,11?,12?,13-,14+/m0/s1. The number of rotatable bonds is 2. The lowest BCUT2D eigenvalue weighted by Gasteiger charge is -2.44. The van der Waals surface area contributed by atoms with Gasteiger partial charge in [-0.15, -0.1) is 0 Å². The number of fused-ring (bicyclic) bond motifs is 2. The van der Waals surface area contributed by atoms with Crippen molar-refractivity contribution in [1.29, 1.82) is 0 Å². The number of likely N-dealkylation sites (N-methyl/N-ethyl adjacent to an activating group) is 1. The van der Waals surface area contributed by atoms with Crippen LogP contribution in [0.1, 0.15) is 20.3 Å². The molecular weight excluding hydrogens is 268 g/mol. The van der Waals surface area contributed by atoms with Gasteiger partial charge in [0.25, 0.3) is 0 Å². The van der Waals surface area contributed by atoms with Gasteiger partial charge in [0.2, 0.25) is 5.91 Å². The first kappa shape index (κ1) is 14.6. The van der Waals surface area contributed by atoms with Gasteiger partial charge in [-0.2, -0.15) is 0 Å². The lowest BCUT2D eigenvalue weighted by Crippen LogP contribution is -2.58. The number of carbonyl (C=O) groups is 2. The maximum atomic E-state index is 12.9. The summed E-state index contributed by atoms with van der Waals surface area (Å²) < 4.78 is 0. The molecule has 5 heteroatoms. The molecule has 6 atom stereocenters. The fourth-order valence-corrected chi connectivity index (χ4v) is 4.29. The predicted octanol–water partition coefficient (Wildman–Crippen LogP) is 1.06. The summed E-state index contributed by atoms with van der Waals surface area (Å²) in [6.45, 7) is 5.63. The minimum Gasteiger partial charge on any atom is -0.481 e. The zero-order valence-electron chi connectivity index (χ0n) is 12.9. The number of amides is 1. The van der Waals surface area contributed by atoms with Gasteiger partial charge in [0.05, 0.1) is 11.8 Å². The number of allylic oxidation sites excluding steroid dienone is 2. The van der Waals surface area contributed by atoms with E-state index in [9.17, 15) is 14.7 Å². The normalized spacial score (nSPS) is 42.5. The highest BCUT2D eigenvalue weighted by Gasteiger charge is 2.53. The second kappa shape index (κ2) is 5.13. The molecule has 5 nitrogen and oxygen atoms in total. The molecule has 2 bridgehead atoms. The van der Waals surface area contributed by atoms with Crippen LogP contribution in [0, 0.1) is 23.7 Å². The first-order valence-corrected chi connectivity index (χ1v) is 7.82. The minimum atomic E-state index is -0.819. The third-order valence-electron chi connectivity index (χ3n) is 5.70. The number of carboxylic acids is 1. The SMILES string of the molecule is CC1CN(C(=O)[C@H]2C3C=CC(C3)[C@H]2C(=O)O)CC(C)N1C.